The Morgan fingerprint density at radius 3 is 2.26 bits per heavy atom. The number of halogens is 3. The average molecular weight is 281 g/mol. The van der Waals surface area contributed by atoms with Crippen LogP contribution in [0.3, 0.4) is 0 Å². The molecule has 0 aromatic carbocycles. The van der Waals surface area contributed by atoms with E-state index in [4.69, 9.17) is 0 Å². The van der Waals surface area contributed by atoms with Crippen molar-refractivity contribution in [3.05, 3.63) is 0 Å². The van der Waals surface area contributed by atoms with Gasteiger partial charge in [0.2, 0.25) is 11.8 Å². The minimum absolute atomic E-state index is 0.0514. The molecule has 1 saturated heterocycles. The van der Waals surface area contributed by atoms with Crippen LogP contribution in [0.2, 0.25) is 0 Å². The van der Waals surface area contributed by atoms with E-state index in [0.29, 0.717) is 32.6 Å². The van der Waals surface area contributed by atoms with Gasteiger partial charge in [-0.25, -0.2) is 0 Å². The fourth-order valence-electron chi connectivity index (χ4n) is 1.90. The van der Waals surface area contributed by atoms with E-state index in [1.807, 2.05) is 0 Å². The fraction of sp³-hybridized carbons (Fsp3) is 0.818. The summed E-state index contributed by atoms with van der Waals surface area (Å²) in [6.45, 7) is 1.80. The number of carbonyl (C=O) groups excluding carboxylic acids is 2. The number of hydrogen-bond acceptors (Lipinski definition) is 3. The first kappa shape index (κ1) is 15.7. The van der Waals surface area contributed by atoms with Gasteiger partial charge in [0.15, 0.2) is 0 Å². The summed E-state index contributed by atoms with van der Waals surface area (Å²) in [6.07, 6.45) is -3.67. The Morgan fingerprint density at radius 1 is 1.11 bits per heavy atom. The molecule has 110 valence electrons. The molecule has 0 unspecified atom stereocenters. The lowest BCUT2D eigenvalue weighted by atomic mass is 10.3. The first-order valence-electron chi connectivity index (χ1n) is 6.10. The number of rotatable bonds is 3. The van der Waals surface area contributed by atoms with Crippen LogP contribution in [0.4, 0.5) is 13.2 Å². The minimum Gasteiger partial charge on any atom is -0.341 e. The number of amides is 2. The van der Waals surface area contributed by atoms with E-state index in [0.717, 1.165) is 0 Å². The summed E-state index contributed by atoms with van der Waals surface area (Å²) in [6, 6.07) is 0. The molecule has 1 N–H and O–H groups in total. The van der Waals surface area contributed by atoms with Crippen molar-refractivity contribution in [3.8, 4) is 0 Å². The topological polar surface area (TPSA) is 52.7 Å². The van der Waals surface area contributed by atoms with Crippen molar-refractivity contribution in [1.29, 1.82) is 0 Å². The lowest BCUT2D eigenvalue weighted by molar-refractivity contribution is -0.135. The van der Waals surface area contributed by atoms with Gasteiger partial charge in [0.1, 0.15) is 0 Å². The maximum Gasteiger partial charge on any atom is 0.401 e. The maximum absolute atomic E-state index is 11.9. The molecule has 0 bridgehead atoms. The molecule has 0 atom stereocenters. The van der Waals surface area contributed by atoms with Gasteiger partial charge in [-0.1, -0.05) is 0 Å². The first-order valence-corrected chi connectivity index (χ1v) is 6.10. The highest BCUT2D eigenvalue weighted by Crippen LogP contribution is 2.12. The second kappa shape index (κ2) is 6.74. The van der Waals surface area contributed by atoms with Gasteiger partial charge in [0, 0.05) is 33.1 Å². The Hall–Kier alpha value is -1.31. The molecule has 0 spiro atoms. The zero-order valence-electron chi connectivity index (χ0n) is 10.8. The SMILES string of the molecule is CC(=O)N1CCCN(C(=O)CNCC(F)(F)F)CC1. The highest BCUT2D eigenvalue weighted by Gasteiger charge is 2.27. The molecule has 1 fully saturated rings. The van der Waals surface area contributed by atoms with Gasteiger partial charge in [0.25, 0.3) is 0 Å². The summed E-state index contributed by atoms with van der Waals surface area (Å²) in [7, 11) is 0. The standard InChI is InChI=1S/C11H18F3N3O2/c1-9(18)16-3-2-4-17(6-5-16)10(19)7-15-8-11(12,13)14/h15H,2-8H2,1H3. The Labute approximate surface area is 109 Å². The summed E-state index contributed by atoms with van der Waals surface area (Å²) in [5, 5.41) is 2.08. The number of nitrogens with one attached hydrogen (secondary N) is 1. The Kier molecular flexibility index (Phi) is 5.59. The Morgan fingerprint density at radius 2 is 1.68 bits per heavy atom. The highest BCUT2D eigenvalue weighted by molar-refractivity contribution is 5.78. The van der Waals surface area contributed by atoms with Crippen LogP contribution in [0, 0.1) is 0 Å². The normalized spacial score (nSPS) is 17.3. The number of alkyl halides is 3. The van der Waals surface area contributed by atoms with Gasteiger partial charge in [0.05, 0.1) is 13.1 Å². The molecule has 2 amide bonds. The van der Waals surface area contributed by atoms with Crippen molar-refractivity contribution in [2.45, 2.75) is 19.5 Å². The first-order chi connectivity index (χ1) is 8.79. The Bertz CT molecular complexity index is 334. The molecular weight excluding hydrogens is 263 g/mol. The largest absolute Gasteiger partial charge is 0.401 e. The van der Waals surface area contributed by atoms with Crippen LogP contribution in [-0.4, -0.2) is 67.1 Å². The molecule has 1 aliphatic heterocycles. The summed E-state index contributed by atoms with van der Waals surface area (Å²) < 4.78 is 35.8. The van der Waals surface area contributed by atoms with Gasteiger partial charge in [-0.05, 0) is 6.42 Å². The summed E-state index contributed by atoms with van der Waals surface area (Å²) >= 11 is 0. The van der Waals surface area contributed by atoms with Crippen molar-refractivity contribution in [2.24, 2.45) is 0 Å². The molecule has 5 nitrogen and oxygen atoms in total. The van der Waals surface area contributed by atoms with E-state index in [1.165, 1.54) is 11.8 Å². The monoisotopic (exact) mass is 281 g/mol. The lowest BCUT2D eigenvalue weighted by Gasteiger charge is -2.21. The van der Waals surface area contributed by atoms with E-state index >= 15 is 0 Å². The Balaban J connectivity index is 2.35. The van der Waals surface area contributed by atoms with E-state index in [-0.39, 0.29) is 18.4 Å². The van der Waals surface area contributed by atoms with Gasteiger partial charge in [-0.3, -0.25) is 9.59 Å². The minimum atomic E-state index is -4.31. The highest BCUT2D eigenvalue weighted by atomic mass is 19.4. The summed E-state index contributed by atoms with van der Waals surface area (Å²) in [5.41, 5.74) is 0. The predicted molar refractivity (Wildman–Crippen MR) is 62.4 cm³/mol. The summed E-state index contributed by atoms with van der Waals surface area (Å²) in [4.78, 5) is 26.0. The van der Waals surface area contributed by atoms with Crippen molar-refractivity contribution < 1.29 is 22.8 Å². The molecular formula is C11H18F3N3O2. The number of nitrogens with zero attached hydrogens (tertiary/aromatic N) is 2. The van der Waals surface area contributed by atoms with Crippen LogP contribution in [0.15, 0.2) is 0 Å². The van der Waals surface area contributed by atoms with E-state index < -0.39 is 12.7 Å². The van der Waals surface area contributed by atoms with Gasteiger partial charge in [-0.15, -0.1) is 0 Å². The molecule has 1 heterocycles. The van der Waals surface area contributed by atoms with E-state index in [9.17, 15) is 22.8 Å². The van der Waals surface area contributed by atoms with Crippen LogP contribution in [0.1, 0.15) is 13.3 Å². The molecule has 0 aromatic rings. The molecule has 0 radical (unpaired) electrons. The fourth-order valence-corrected chi connectivity index (χ4v) is 1.90. The van der Waals surface area contributed by atoms with Gasteiger partial charge >= 0.3 is 6.18 Å². The van der Waals surface area contributed by atoms with Crippen LogP contribution in [0.5, 0.6) is 0 Å². The molecule has 1 aliphatic rings. The zero-order chi connectivity index (χ0) is 14.5. The molecule has 0 aromatic heterocycles. The lowest BCUT2D eigenvalue weighted by Crippen LogP contribution is -2.42. The van der Waals surface area contributed by atoms with Crippen molar-refractivity contribution in [2.75, 3.05) is 39.3 Å². The van der Waals surface area contributed by atoms with Crippen LogP contribution >= 0.6 is 0 Å². The molecule has 1 rings (SSSR count). The zero-order valence-corrected chi connectivity index (χ0v) is 10.8. The third kappa shape index (κ3) is 5.91. The van der Waals surface area contributed by atoms with E-state index in [1.54, 1.807) is 4.90 Å². The van der Waals surface area contributed by atoms with Crippen molar-refractivity contribution in [1.82, 2.24) is 15.1 Å². The third-order valence-electron chi connectivity index (χ3n) is 2.90. The van der Waals surface area contributed by atoms with Gasteiger partial charge < -0.3 is 15.1 Å². The smallest absolute Gasteiger partial charge is 0.341 e. The van der Waals surface area contributed by atoms with Gasteiger partial charge in [-0.2, -0.15) is 13.2 Å². The third-order valence-corrected chi connectivity index (χ3v) is 2.90. The number of carbonyl (C=O) groups is 2. The van der Waals surface area contributed by atoms with Crippen LogP contribution in [0.25, 0.3) is 0 Å². The van der Waals surface area contributed by atoms with Crippen LogP contribution in [-0.2, 0) is 9.59 Å². The summed E-state index contributed by atoms with van der Waals surface area (Å²) in [5.74, 6) is -0.417. The maximum atomic E-state index is 11.9. The molecule has 0 saturated carbocycles. The van der Waals surface area contributed by atoms with Crippen LogP contribution < -0.4 is 5.32 Å². The van der Waals surface area contributed by atoms with Crippen molar-refractivity contribution >= 4 is 11.8 Å². The number of hydrogen-bond donors (Lipinski definition) is 1. The second-order valence-electron chi connectivity index (χ2n) is 4.46. The molecule has 0 aliphatic carbocycles. The predicted octanol–water partition coefficient (Wildman–Crippen LogP) is 0.219. The van der Waals surface area contributed by atoms with Crippen molar-refractivity contribution in [3.63, 3.8) is 0 Å². The average Bonchev–Trinajstić information content (AvgIpc) is 2.52. The molecule has 19 heavy (non-hydrogen) atoms. The van der Waals surface area contributed by atoms with E-state index in [2.05, 4.69) is 5.32 Å². The quantitative estimate of drug-likeness (QED) is 0.805. The molecule has 8 heteroatoms. The second-order valence-corrected chi connectivity index (χ2v) is 4.46.